The van der Waals surface area contributed by atoms with Gasteiger partial charge in [0.1, 0.15) is 0 Å². The van der Waals surface area contributed by atoms with Gasteiger partial charge < -0.3 is 18.8 Å². The van der Waals surface area contributed by atoms with Crippen molar-refractivity contribution in [3.8, 4) is 0 Å². The van der Waals surface area contributed by atoms with Gasteiger partial charge in [-0.3, -0.25) is 0 Å². The van der Waals surface area contributed by atoms with E-state index in [1.807, 2.05) is 6.82 Å². The summed E-state index contributed by atoms with van der Waals surface area (Å²) in [7, 11) is -0.186. The first-order valence-electron chi connectivity index (χ1n) is 7.20. The van der Waals surface area contributed by atoms with Crippen molar-refractivity contribution in [3.63, 3.8) is 0 Å². The Kier molecular flexibility index (Phi) is 14.9. The molecule has 0 spiro atoms. The number of rotatable bonds is 14. The molecule has 0 aromatic carbocycles. The van der Waals surface area contributed by atoms with Crippen molar-refractivity contribution in [2.45, 2.75) is 46.4 Å². The van der Waals surface area contributed by atoms with E-state index in [0.29, 0.717) is 26.4 Å². The minimum Gasteiger partial charge on any atom is -0.409 e. The lowest BCUT2D eigenvalue weighted by molar-refractivity contribution is 0.0682. The van der Waals surface area contributed by atoms with Crippen LogP contribution in [-0.2, 0) is 18.8 Å². The van der Waals surface area contributed by atoms with Crippen LogP contribution in [0.15, 0.2) is 0 Å². The highest BCUT2D eigenvalue weighted by molar-refractivity contribution is 6.42. The Labute approximate surface area is 112 Å². The van der Waals surface area contributed by atoms with E-state index < -0.39 is 0 Å². The van der Waals surface area contributed by atoms with Gasteiger partial charge in [0.25, 0.3) is 0 Å². The van der Waals surface area contributed by atoms with Crippen molar-refractivity contribution >= 4 is 7.12 Å². The Morgan fingerprint density at radius 3 is 1.50 bits per heavy atom. The van der Waals surface area contributed by atoms with Gasteiger partial charge in [-0.1, -0.05) is 26.7 Å². The van der Waals surface area contributed by atoms with Crippen molar-refractivity contribution in [1.82, 2.24) is 0 Å². The molecule has 0 aliphatic rings. The summed E-state index contributed by atoms with van der Waals surface area (Å²) in [6.45, 7) is 10.3. The van der Waals surface area contributed by atoms with Gasteiger partial charge in [-0.05, 0) is 19.7 Å². The van der Waals surface area contributed by atoms with Crippen LogP contribution in [0.1, 0.15) is 39.5 Å². The van der Waals surface area contributed by atoms with Crippen molar-refractivity contribution < 1.29 is 18.8 Å². The second-order valence-electron chi connectivity index (χ2n) is 4.24. The molecule has 0 aliphatic heterocycles. The second-order valence-corrected chi connectivity index (χ2v) is 4.24. The average molecular weight is 260 g/mol. The summed E-state index contributed by atoms with van der Waals surface area (Å²) in [6, 6.07) is 0. The van der Waals surface area contributed by atoms with Crippen molar-refractivity contribution in [3.05, 3.63) is 0 Å². The minimum absolute atomic E-state index is 0.186. The molecule has 0 radical (unpaired) electrons. The summed E-state index contributed by atoms with van der Waals surface area (Å²) in [5.74, 6) is 0. The molecular weight excluding hydrogens is 231 g/mol. The normalized spacial score (nSPS) is 10.8. The van der Waals surface area contributed by atoms with Gasteiger partial charge in [-0.2, -0.15) is 0 Å². The predicted molar refractivity (Wildman–Crippen MR) is 75.0 cm³/mol. The summed E-state index contributed by atoms with van der Waals surface area (Å²) in [4.78, 5) is 0. The van der Waals surface area contributed by atoms with Gasteiger partial charge >= 0.3 is 7.12 Å². The fourth-order valence-electron chi connectivity index (χ4n) is 1.29. The van der Waals surface area contributed by atoms with Gasteiger partial charge in [0.15, 0.2) is 0 Å². The fourth-order valence-corrected chi connectivity index (χ4v) is 1.29. The van der Waals surface area contributed by atoms with Crippen molar-refractivity contribution in [1.29, 1.82) is 0 Å². The van der Waals surface area contributed by atoms with Gasteiger partial charge in [0, 0.05) is 13.2 Å². The monoisotopic (exact) mass is 260 g/mol. The predicted octanol–water partition coefficient (Wildman–Crippen LogP) is 2.77. The number of ether oxygens (including phenoxy) is 2. The van der Waals surface area contributed by atoms with Crippen LogP contribution in [0.4, 0.5) is 0 Å². The van der Waals surface area contributed by atoms with Gasteiger partial charge in [0.05, 0.1) is 26.4 Å². The van der Waals surface area contributed by atoms with Crippen LogP contribution in [0.2, 0.25) is 6.82 Å². The van der Waals surface area contributed by atoms with E-state index in [0.717, 1.165) is 26.1 Å². The lowest BCUT2D eigenvalue weighted by Crippen LogP contribution is -2.23. The minimum atomic E-state index is -0.186. The summed E-state index contributed by atoms with van der Waals surface area (Å²) < 4.78 is 21.7. The molecule has 0 N–H and O–H groups in total. The molecule has 0 atom stereocenters. The quantitative estimate of drug-likeness (QED) is 0.355. The molecule has 0 aromatic heterocycles. The third-order valence-corrected chi connectivity index (χ3v) is 2.44. The van der Waals surface area contributed by atoms with Gasteiger partial charge in [-0.25, -0.2) is 0 Å². The number of hydrogen-bond donors (Lipinski definition) is 0. The largest absolute Gasteiger partial charge is 0.453 e. The molecule has 108 valence electrons. The molecule has 5 heteroatoms. The van der Waals surface area contributed by atoms with E-state index in [1.165, 1.54) is 12.8 Å². The highest BCUT2D eigenvalue weighted by Crippen LogP contribution is 1.93. The Bertz CT molecular complexity index is 142. The standard InChI is InChI=1S/C13H29BO4/c1-4-6-8-15-10-12-17-14(3)18-13-11-16-9-7-5-2/h4-13H2,1-3H3. The average Bonchev–Trinajstić information content (AvgIpc) is 2.38. The maximum absolute atomic E-state index is 5.45. The van der Waals surface area contributed by atoms with Gasteiger partial charge in [0.2, 0.25) is 0 Å². The van der Waals surface area contributed by atoms with Crippen LogP contribution in [0.5, 0.6) is 0 Å². The van der Waals surface area contributed by atoms with E-state index >= 15 is 0 Å². The topological polar surface area (TPSA) is 36.9 Å². The Morgan fingerprint density at radius 2 is 1.11 bits per heavy atom. The molecule has 0 amide bonds. The third kappa shape index (κ3) is 14.0. The summed E-state index contributed by atoms with van der Waals surface area (Å²) in [5, 5.41) is 0. The van der Waals surface area contributed by atoms with E-state index in [9.17, 15) is 0 Å². The zero-order valence-electron chi connectivity index (χ0n) is 12.3. The second kappa shape index (κ2) is 15.0. The van der Waals surface area contributed by atoms with E-state index in [4.69, 9.17) is 18.8 Å². The Morgan fingerprint density at radius 1 is 0.667 bits per heavy atom. The molecule has 0 aromatic rings. The SMILES string of the molecule is CCCCOCCOB(C)OCCOCCCC. The molecule has 0 unspecified atom stereocenters. The molecule has 18 heavy (non-hydrogen) atoms. The lowest BCUT2D eigenvalue weighted by atomic mass is 9.95. The fraction of sp³-hybridized carbons (Fsp3) is 1.00. The first kappa shape index (κ1) is 17.9. The van der Waals surface area contributed by atoms with Crippen LogP contribution >= 0.6 is 0 Å². The van der Waals surface area contributed by atoms with Crippen LogP contribution in [0.25, 0.3) is 0 Å². The van der Waals surface area contributed by atoms with Crippen molar-refractivity contribution in [2.24, 2.45) is 0 Å². The molecule has 0 heterocycles. The highest BCUT2D eigenvalue weighted by Gasteiger charge is 2.09. The first-order valence-corrected chi connectivity index (χ1v) is 7.20. The zero-order chi connectivity index (χ0) is 13.5. The molecule has 4 nitrogen and oxygen atoms in total. The smallest absolute Gasteiger partial charge is 0.409 e. The van der Waals surface area contributed by atoms with Gasteiger partial charge in [-0.15, -0.1) is 0 Å². The molecule has 0 aliphatic carbocycles. The van der Waals surface area contributed by atoms with E-state index in [1.54, 1.807) is 0 Å². The summed E-state index contributed by atoms with van der Waals surface area (Å²) >= 11 is 0. The third-order valence-electron chi connectivity index (χ3n) is 2.44. The maximum Gasteiger partial charge on any atom is 0.453 e. The van der Waals surface area contributed by atoms with Crippen LogP contribution in [0, 0.1) is 0 Å². The van der Waals surface area contributed by atoms with E-state index in [-0.39, 0.29) is 7.12 Å². The van der Waals surface area contributed by atoms with Crippen LogP contribution in [-0.4, -0.2) is 46.8 Å². The lowest BCUT2D eigenvalue weighted by Gasteiger charge is -2.11. The zero-order valence-corrected chi connectivity index (χ0v) is 12.3. The maximum atomic E-state index is 5.45. The molecular formula is C13H29BO4. The molecule has 0 saturated heterocycles. The number of hydrogen-bond acceptors (Lipinski definition) is 4. The highest BCUT2D eigenvalue weighted by atomic mass is 16.6. The number of unbranched alkanes of at least 4 members (excludes halogenated alkanes) is 2. The van der Waals surface area contributed by atoms with E-state index in [2.05, 4.69) is 13.8 Å². The first-order chi connectivity index (χ1) is 8.81. The Hall–Kier alpha value is -0.0951. The van der Waals surface area contributed by atoms with Crippen molar-refractivity contribution in [2.75, 3.05) is 39.6 Å². The summed E-state index contributed by atoms with van der Waals surface area (Å²) in [6.07, 6.45) is 4.55. The molecule has 0 saturated carbocycles. The Balaban J connectivity index is 3.10. The molecule has 0 fully saturated rings. The van der Waals surface area contributed by atoms with Crippen LogP contribution in [0.3, 0.4) is 0 Å². The summed E-state index contributed by atoms with van der Waals surface area (Å²) in [5.41, 5.74) is 0. The van der Waals surface area contributed by atoms with Crippen LogP contribution < -0.4 is 0 Å². The molecule has 0 rings (SSSR count). The molecule has 0 bridgehead atoms.